The van der Waals surface area contributed by atoms with Crippen LogP contribution in [0.5, 0.6) is 17.5 Å². The minimum absolute atomic E-state index is 0.129. The third kappa shape index (κ3) is 5.60. The van der Waals surface area contributed by atoms with E-state index in [-0.39, 0.29) is 16.3 Å². The van der Waals surface area contributed by atoms with Crippen molar-refractivity contribution < 1.29 is 31.1 Å². The lowest BCUT2D eigenvalue weighted by atomic mass is 10.2. The molecular formula is C21H19BrF3N5O4S. The van der Waals surface area contributed by atoms with E-state index in [1.165, 1.54) is 13.0 Å². The van der Waals surface area contributed by atoms with Crippen molar-refractivity contribution in [3.8, 4) is 17.5 Å². The molecule has 0 radical (unpaired) electrons. The normalized spacial score (nSPS) is 13.2. The van der Waals surface area contributed by atoms with Gasteiger partial charge in [0.1, 0.15) is 10.6 Å². The zero-order valence-corrected chi connectivity index (χ0v) is 20.7. The van der Waals surface area contributed by atoms with Gasteiger partial charge in [0.05, 0.1) is 6.04 Å². The predicted octanol–water partition coefficient (Wildman–Crippen LogP) is 5.27. The Morgan fingerprint density at radius 2 is 1.94 bits per heavy atom. The molecule has 0 saturated heterocycles. The standard InChI is InChI=1S/C21H19BrF3N5O4S/c1-3-30-19(27-28-20(30)33-15-6-4-13-8-9-26-16(13)11-15)12(2)29-35(31,32)18-7-5-14(22)10-17(18)34-21(23,24)25/h4-12,26,29H,3H2,1-2H3/t12-/m1/s1. The van der Waals surface area contributed by atoms with Crippen molar-refractivity contribution in [2.24, 2.45) is 0 Å². The number of aromatic amines is 1. The summed E-state index contributed by atoms with van der Waals surface area (Å²) in [6.07, 6.45) is -3.28. The van der Waals surface area contributed by atoms with Crippen LogP contribution in [0.2, 0.25) is 0 Å². The van der Waals surface area contributed by atoms with E-state index in [0.717, 1.165) is 23.0 Å². The minimum atomic E-state index is -5.07. The molecule has 0 aliphatic heterocycles. The highest BCUT2D eigenvalue weighted by molar-refractivity contribution is 9.10. The van der Waals surface area contributed by atoms with Gasteiger partial charge in [-0.25, -0.2) is 13.1 Å². The molecule has 0 aliphatic rings. The van der Waals surface area contributed by atoms with Crippen LogP contribution in [0.3, 0.4) is 0 Å². The number of rotatable bonds is 8. The van der Waals surface area contributed by atoms with Crippen molar-refractivity contribution in [1.82, 2.24) is 24.5 Å². The molecule has 0 fully saturated rings. The van der Waals surface area contributed by atoms with Gasteiger partial charge in [-0.3, -0.25) is 4.57 Å². The molecule has 14 heteroatoms. The molecule has 35 heavy (non-hydrogen) atoms. The fourth-order valence-corrected chi connectivity index (χ4v) is 5.10. The molecule has 0 bridgehead atoms. The second-order valence-electron chi connectivity index (χ2n) is 7.40. The maximum Gasteiger partial charge on any atom is 0.573 e. The van der Waals surface area contributed by atoms with Crippen molar-refractivity contribution >= 4 is 36.9 Å². The summed E-state index contributed by atoms with van der Waals surface area (Å²) in [4.78, 5) is 2.40. The summed E-state index contributed by atoms with van der Waals surface area (Å²) >= 11 is 3.02. The van der Waals surface area contributed by atoms with E-state index in [9.17, 15) is 21.6 Å². The predicted molar refractivity (Wildman–Crippen MR) is 124 cm³/mol. The van der Waals surface area contributed by atoms with E-state index < -0.39 is 33.1 Å². The number of aromatic nitrogens is 4. The lowest BCUT2D eigenvalue weighted by Crippen LogP contribution is -2.30. The van der Waals surface area contributed by atoms with E-state index in [1.807, 2.05) is 12.1 Å². The molecular weight excluding hydrogens is 555 g/mol. The second kappa shape index (κ2) is 9.51. The highest BCUT2D eigenvalue weighted by Gasteiger charge is 2.35. The Kier molecular flexibility index (Phi) is 6.79. The average Bonchev–Trinajstić information content (AvgIpc) is 3.38. The number of fused-ring (bicyclic) bond motifs is 1. The Balaban J connectivity index is 1.59. The van der Waals surface area contributed by atoms with Crippen LogP contribution in [0, 0.1) is 0 Å². The number of benzene rings is 2. The molecule has 2 aromatic carbocycles. The lowest BCUT2D eigenvalue weighted by Gasteiger charge is -2.18. The lowest BCUT2D eigenvalue weighted by molar-refractivity contribution is -0.275. The highest BCUT2D eigenvalue weighted by Crippen LogP contribution is 2.33. The third-order valence-electron chi connectivity index (χ3n) is 4.94. The Hall–Kier alpha value is -3.10. The number of hydrogen-bond acceptors (Lipinski definition) is 6. The fourth-order valence-electron chi connectivity index (χ4n) is 3.45. The quantitative estimate of drug-likeness (QED) is 0.297. The summed E-state index contributed by atoms with van der Waals surface area (Å²) in [7, 11) is -4.44. The van der Waals surface area contributed by atoms with E-state index in [1.54, 1.807) is 29.8 Å². The van der Waals surface area contributed by atoms with Gasteiger partial charge in [0, 0.05) is 28.8 Å². The smallest absolute Gasteiger partial charge is 0.424 e. The van der Waals surface area contributed by atoms with Gasteiger partial charge in [-0.05, 0) is 55.6 Å². The number of ether oxygens (including phenoxy) is 2. The van der Waals surface area contributed by atoms with Crippen LogP contribution in [-0.4, -0.2) is 34.5 Å². The third-order valence-corrected chi connectivity index (χ3v) is 7.01. The van der Waals surface area contributed by atoms with Crippen LogP contribution in [0.25, 0.3) is 10.9 Å². The number of halogens is 4. The monoisotopic (exact) mass is 573 g/mol. The van der Waals surface area contributed by atoms with E-state index in [4.69, 9.17) is 4.74 Å². The summed E-state index contributed by atoms with van der Waals surface area (Å²) < 4.78 is 78.3. The highest BCUT2D eigenvalue weighted by atomic mass is 79.9. The second-order valence-corrected chi connectivity index (χ2v) is 9.99. The minimum Gasteiger partial charge on any atom is -0.424 e. The van der Waals surface area contributed by atoms with Gasteiger partial charge in [-0.1, -0.05) is 21.0 Å². The van der Waals surface area contributed by atoms with Crippen molar-refractivity contribution in [2.45, 2.75) is 37.7 Å². The molecule has 4 rings (SSSR count). The van der Waals surface area contributed by atoms with Gasteiger partial charge in [0.2, 0.25) is 10.0 Å². The van der Waals surface area contributed by atoms with Gasteiger partial charge in [-0.2, -0.15) is 0 Å². The van der Waals surface area contributed by atoms with Crippen molar-refractivity contribution in [1.29, 1.82) is 0 Å². The van der Waals surface area contributed by atoms with Crippen molar-refractivity contribution in [3.63, 3.8) is 0 Å². The van der Waals surface area contributed by atoms with Gasteiger partial charge < -0.3 is 14.5 Å². The Morgan fingerprint density at radius 3 is 2.66 bits per heavy atom. The van der Waals surface area contributed by atoms with Gasteiger partial charge in [-0.15, -0.1) is 18.3 Å². The maximum absolute atomic E-state index is 13.0. The van der Waals surface area contributed by atoms with Crippen LogP contribution < -0.4 is 14.2 Å². The van der Waals surface area contributed by atoms with Crippen LogP contribution in [0.1, 0.15) is 25.7 Å². The average molecular weight is 574 g/mol. The molecule has 2 heterocycles. The van der Waals surface area contributed by atoms with E-state index in [2.05, 4.69) is 40.6 Å². The molecule has 2 aromatic heterocycles. The van der Waals surface area contributed by atoms with Crippen LogP contribution in [0.15, 0.2) is 58.0 Å². The topological polar surface area (TPSA) is 111 Å². The Bertz CT molecular complexity index is 1470. The van der Waals surface area contributed by atoms with Crippen LogP contribution in [0.4, 0.5) is 13.2 Å². The van der Waals surface area contributed by atoms with Gasteiger partial charge in [0.15, 0.2) is 11.6 Å². The Labute approximate surface area is 206 Å². The van der Waals surface area contributed by atoms with Crippen molar-refractivity contribution in [2.75, 3.05) is 0 Å². The van der Waals surface area contributed by atoms with Crippen LogP contribution >= 0.6 is 15.9 Å². The first-order chi connectivity index (χ1) is 16.5. The first kappa shape index (κ1) is 25.0. The number of nitrogens with zero attached hydrogens (tertiary/aromatic N) is 3. The summed E-state index contributed by atoms with van der Waals surface area (Å²) in [6.45, 7) is 3.62. The summed E-state index contributed by atoms with van der Waals surface area (Å²) in [5.74, 6) is -0.166. The van der Waals surface area contributed by atoms with Crippen LogP contribution in [-0.2, 0) is 16.6 Å². The zero-order chi connectivity index (χ0) is 25.4. The first-order valence-electron chi connectivity index (χ1n) is 10.2. The number of hydrogen-bond donors (Lipinski definition) is 2. The summed E-state index contributed by atoms with van der Waals surface area (Å²) in [6, 6.07) is 9.72. The number of alkyl halides is 3. The van der Waals surface area contributed by atoms with Gasteiger partial charge in [0.25, 0.3) is 0 Å². The largest absolute Gasteiger partial charge is 0.573 e. The first-order valence-corrected chi connectivity index (χ1v) is 12.5. The summed E-state index contributed by atoms with van der Waals surface area (Å²) in [5, 5.41) is 9.06. The van der Waals surface area contributed by atoms with Crippen molar-refractivity contribution in [3.05, 3.63) is 59.0 Å². The fraction of sp³-hybridized carbons (Fsp3) is 0.238. The zero-order valence-electron chi connectivity index (χ0n) is 18.3. The number of nitrogens with one attached hydrogen (secondary N) is 2. The number of sulfonamides is 1. The van der Waals surface area contributed by atoms with Gasteiger partial charge >= 0.3 is 12.4 Å². The molecule has 0 spiro atoms. The molecule has 0 unspecified atom stereocenters. The Morgan fingerprint density at radius 1 is 1.17 bits per heavy atom. The van der Waals surface area contributed by atoms with E-state index in [0.29, 0.717) is 12.3 Å². The molecule has 4 aromatic rings. The molecule has 2 N–H and O–H groups in total. The molecule has 9 nitrogen and oxygen atoms in total. The molecule has 0 aliphatic carbocycles. The SMILES string of the molecule is CCn1c(Oc2ccc3cc[nH]c3c2)nnc1[C@@H](C)NS(=O)(=O)c1ccc(Br)cc1OC(F)(F)F. The molecule has 0 saturated carbocycles. The summed E-state index contributed by atoms with van der Waals surface area (Å²) in [5.41, 5.74) is 0.859. The molecule has 0 amide bonds. The van der Waals surface area contributed by atoms with E-state index >= 15 is 0 Å². The molecule has 186 valence electrons. The maximum atomic E-state index is 13.0. The molecule has 1 atom stereocenters. The number of H-pyrrole nitrogens is 1.